The lowest BCUT2D eigenvalue weighted by molar-refractivity contribution is 0.102. The number of hydrogen-bond donors (Lipinski definition) is 1. The zero-order chi connectivity index (χ0) is 16.9. The number of nitrogens with one attached hydrogen (secondary N) is 1. The first-order valence-corrected chi connectivity index (χ1v) is 8.13. The molecule has 24 heavy (non-hydrogen) atoms. The number of carbonyl (C=O) groups excluding carboxylic acids is 1. The van der Waals surface area contributed by atoms with E-state index >= 15 is 0 Å². The van der Waals surface area contributed by atoms with Crippen LogP contribution in [0.1, 0.15) is 35.1 Å². The van der Waals surface area contributed by atoms with Gasteiger partial charge in [0.1, 0.15) is 16.3 Å². The van der Waals surface area contributed by atoms with Crippen LogP contribution in [0.4, 0.5) is 5.13 Å². The highest BCUT2D eigenvalue weighted by Gasteiger charge is 2.17. The van der Waals surface area contributed by atoms with Crippen LogP contribution in [0.3, 0.4) is 0 Å². The van der Waals surface area contributed by atoms with Gasteiger partial charge in [-0.3, -0.25) is 15.1 Å². The molecule has 3 heterocycles. The molecule has 0 saturated heterocycles. The minimum atomic E-state index is -0.353. The first kappa shape index (κ1) is 16.0. The number of amides is 1. The van der Waals surface area contributed by atoms with Crippen molar-refractivity contribution in [1.29, 1.82) is 0 Å². The van der Waals surface area contributed by atoms with Crippen LogP contribution in [0, 0.1) is 0 Å². The highest BCUT2D eigenvalue weighted by atomic mass is 32.1. The van der Waals surface area contributed by atoms with Crippen molar-refractivity contribution < 1.29 is 9.53 Å². The van der Waals surface area contributed by atoms with Crippen molar-refractivity contribution >= 4 is 22.4 Å². The van der Waals surface area contributed by atoms with Crippen molar-refractivity contribution in [3.63, 3.8) is 0 Å². The molecular formula is C16H15N5O2S. The Bertz CT molecular complexity index is 835. The van der Waals surface area contributed by atoms with Gasteiger partial charge in [-0.2, -0.15) is 0 Å². The van der Waals surface area contributed by atoms with Gasteiger partial charge in [-0.25, -0.2) is 4.98 Å². The normalized spacial score (nSPS) is 10.6. The SMILES string of the molecule is CC(C)c1nnc(NC(=O)c2cccnc2Oc2cccnc2)s1. The third-order valence-corrected chi connectivity index (χ3v) is 4.16. The number of nitrogens with zero attached hydrogens (tertiary/aromatic N) is 4. The predicted octanol–water partition coefficient (Wildman–Crippen LogP) is 3.50. The van der Waals surface area contributed by atoms with Crippen LogP contribution in [0.5, 0.6) is 11.6 Å². The van der Waals surface area contributed by atoms with E-state index in [1.54, 1.807) is 42.9 Å². The molecule has 0 spiro atoms. The van der Waals surface area contributed by atoms with Gasteiger partial charge in [-0.15, -0.1) is 10.2 Å². The average molecular weight is 341 g/mol. The van der Waals surface area contributed by atoms with E-state index in [9.17, 15) is 4.79 Å². The highest BCUT2D eigenvalue weighted by molar-refractivity contribution is 7.15. The van der Waals surface area contributed by atoms with Gasteiger partial charge in [0.25, 0.3) is 5.91 Å². The Morgan fingerprint density at radius 3 is 2.75 bits per heavy atom. The van der Waals surface area contributed by atoms with Crippen LogP contribution >= 0.6 is 11.3 Å². The maximum Gasteiger partial charge on any atom is 0.262 e. The third-order valence-electron chi connectivity index (χ3n) is 3.02. The van der Waals surface area contributed by atoms with Gasteiger partial charge >= 0.3 is 0 Å². The minimum Gasteiger partial charge on any atom is -0.437 e. The van der Waals surface area contributed by atoms with Crippen LogP contribution in [0.2, 0.25) is 0 Å². The summed E-state index contributed by atoms with van der Waals surface area (Å²) in [5.41, 5.74) is 0.308. The molecule has 0 saturated carbocycles. The largest absolute Gasteiger partial charge is 0.437 e. The molecule has 1 N–H and O–H groups in total. The second-order valence-corrected chi connectivity index (χ2v) is 6.21. The Kier molecular flexibility index (Phi) is 4.76. The van der Waals surface area contributed by atoms with Crippen LogP contribution in [-0.2, 0) is 0 Å². The van der Waals surface area contributed by atoms with Gasteiger partial charge in [-0.05, 0) is 24.3 Å². The van der Waals surface area contributed by atoms with Gasteiger partial charge in [0, 0.05) is 18.3 Å². The van der Waals surface area contributed by atoms with Gasteiger partial charge in [-0.1, -0.05) is 25.2 Å². The van der Waals surface area contributed by atoms with E-state index < -0.39 is 0 Å². The summed E-state index contributed by atoms with van der Waals surface area (Å²) in [7, 11) is 0. The molecule has 0 aromatic carbocycles. The van der Waals surface area contributed by atoms with E-state index in [4.69, 9.17) is 4.74 Å². The first-order valence-electron chi connectivity index (χ1n) is 7.31. The first-order chi connectivity index (χ1) is 11.6. The lowest BCUT2D eigenvalue weighted by Crippen LogP contribution is -2.13. The van der Waals surface area contributed by atoms with Gasteiger partial charge in [0.2, 0.25) is 11.0 Å². The summed E-state index contributed by atoms with van der Waals surface area (Å²) in [5.74, 6) is 0.615. The minimum absolute atomic E-state index is 0.205. The number of anilines is 1. The second-order valence-electron chi connectivity index (χ2n) is 5.20. The molecule has 0 bridgehead atoms. The number of rotatable bonds is 5. The van der Waals surface area contributed by atoms with Gasteiger partial charge in [0.05, 0.1) is 6.20 Å². The quantitative estimate of drug-likeness (QED) is 0.764. The molecule has 122 valence electrons. The average Bonchev–Trinajstić information content (AvgIpc) is 3.05. The zero-order valence-electron chi connectivity index (χ0n) is 13.1. The van der Waals surface area contributed by atoms with E-state index in [2.05, 4.69) is 25.5 Å². The van der Waals surface area contributed by atoms with E-state index in [1.165, 1.54) is 11.3 Å². The summed E-state index contributed by atoms with van der Waals surface area (Å²) in [6, 6.07) is 6.79. The molecule has 1 amide bonds. The second kappa shape index (κ2) is 7.14. The number of hydrogen-bond acceptors (Lipinski definition) is 7. The molecule has 8 heteroatoms. The standard InChI is InChI=1S/C16H15N5O2S/c1-10(2)15-20-21-16(24-15)19-13(22)12-6-4-8-18-14(12)23-11-5-3-7-17-9-11/h3-10H,1-2H3,(H,19,21,22). The van der Waals surface area contributed by atoms with Crippen molar-refractivity contribution in [2.45, 2.75) is 19.8 Å². The van der Waals surface area contributed by atoms with Gasteiger partial charge < -0.3 is 4.74 Å². The summed E-state index contributed by atoms with van der Waals surface area (Å²) in [6.45, 7) is 4.04. The molecular weight excluding hydrogens is 326 g/mol. The number of carbonyl (C=O) groups is 1. The van der Waals surface area contributed by atoms with Crippen LogP contribution < -0.4 is 10.1 Å². The van der Waals surface area contributed by atoms with Crippen molar-refractivity contribution in [1.82, 2.24) is 20.2 Å². The summed E-state index contributed by atoms with van der Waals surface area (Å²) in [6.07, 6.45) is 4.75. The zero-order valence-corrected chi connectivity index (χ0v) is 13.9. The topological polar surface area (TPSA) is 89.9 Å². The Labute approximate surface area is 142 Å². The molecule has 0 fully saturated rings. The highest BCUT2D eigenvalue weighted by Crippen LogP contribution is 2.25. The summed E-state index contributed by atoms with van der Waals surface area (Å²) >= 11 is 1.35. The van der Waals surface area contributed by atoms with E-state index in [0.717, 1.165) is 5.01 Å². The Balaban J connectivity index is 1.79. The predicted molar refractivity (Wildman–Crippen MR) is 90.5 cm³/mol. The van der Waals surface area contributed by atoms with Crippen LogP contribution in [0.15, 0.2) is 42.9 Å². The number of ether oxygens (including phenoxy) is 1. The smallest absolute Gasteiger partial charge is 0.262 e. The number of pyridine rings is 2. The Morgan fingerprint density at radius 1 is 1.21 bits per heavy atom. The molecule has 0 aliphatic carbocycles. The summed E-state index contributed by atoms with van der Waals surface area (Å²) in [4.78, 5) is 20.6. The third kappa shape index (κ3) is 3.72. The van der Waals surface area contributed by atoms with Crippen molar-refractivity contribution in [3.8, 4) is 11.6 Å². The fraction of sp³-hybridized carbons (Fsp3) is 0.188. The van der Waals surface area contributed by atoms with E-state index in [-0.39, 0.29) is 17.7 Å². The van der Waals surface area contributed by atoms with Gasteiger partial charge in [0.15, 0.2) is 0 Å². The Morgan fingerprint density at radius 2 is 2.04 bits per heavy atom. The maximum atomic E-state index is 12.5. The summed E-state index contributed by atoms with van der Waals surface area (Å²) < 4.78 is 5.64. The van der Waals surface area contributed by atoms with Crippen LogP contribution in [-0.4, -0.2) is 26.1 Å². The fourth-order valence-electron chi connectivity index (χ4n) is 1.85. The van der Waals surface area contributed by atoms with Crippen molar-refractivity contribution in [3.05, 3.63) is 53.4 Å². The van der Waals surface area contributed by atoms with Crippen molar-refractivity contribution in [2.75, 3.05) is 5.32 Å². The molecule has 0 atom stereocenters. The summed E-state index contributed by atoms with van der Waals surface area (Å²) in [5, 5.41) is 12.1. The molecule has 3 aromatic heterocycles. The monoisotopic (exact) mass is 341 g/mol. The lowest BCUT2D eigenvalue weighted by Gasteiger charge is -2.08. The number of aromatic nitrogens is 4. The van der Waals surface area contributed by atoms with Crippen molar-refractivity contribution in [2.24, 2.45) is 0 Å². The molecule has 0 aliphatic rings. The lowest BCUT2D eigenvalue weighted by atomic mass is 10.2. The van der Waals surface area contributed by atoms with E-state index in [0.29, 0.717) is 16.4 Å². The molecule has 3 aromatic rings. The maximum absolute atomic E-state index is 12.5. The molecule has 3 rings (SSSR count). The Hall–Kier alpha value is -2.87. The molecule has 0 radical (unpaired) electrons. The van der Waals surface area contributed by atoms with E-state index in [1.807, 2.05) is 13.8 Å². The molecule has 0 aliphatic heterocycles. The fourth-order valence-corrected chi connectivity index (χ4v) is 2.59. The molecule has 7 nitrogen and oxygen atoms in total. The van der Waals surface area contributed by atoms with Crippen LogP contribution in [0.25, 0.3) is 0 Å². The molecule has 0 unspecified atom stereocenters.